The second-order valence-electron chi connectivity index (χ2n) is 6.44. The number of urea groups is 1. The van der Waals surface area contributed by atoms with E-state index in [-0.39, 0.29) is 18.9 Å². The summed E-state index contributed by atoms with van der Waals surface area (Å²) < 4.78 is 10.4. The SMILES string of the molecule is COCCNC(=O)C[C@@H]1O[C@H](CNC(=O)Nc2ccc(C)cc2)[C@@H](O)[C@H]1O. The van der Waals surface area contributed by atoms with Gasteiger partial charge >= 0.3 is 6.03 Å². The van der Waals surface area contributed by atoms with Gasteiger partial charge in [-0.3, -0.25) is 4.79 Å². The highest BCUT2D eigenvalue weighted by Gasteiger charge is 2.43. The van der Waals surface area contributed by atoms with Crippen molar-refractivity contribution >= 4 is 17.6 Å². The molecule has 5 N–H and O–H groups in total. The van der Waals surface area contributed by atoms with Crippen LogP contribution >= 0.6 is 0 Å². The largest absolute Gasteiger partial charge is 0.388 e. The number of aliphatic hydroxyl groups excluding tert-OH is 2. The number of methoxy groups -OCH3 is 1. The summed E-state index contributed by atoms with van der Waals surface area (Å²) >= 11 is 0. The third-order valence-corrected chi connectivity index (χ3v) is 4.25. The first-order valence-corrected chi connectivity index (χ1v) is 8.79. The zero-order chi connectivity index (χ0) is 19.8. The highest BCUT2D eigenvalue weighted by Crippen LogP contribution is 2.23. The summed E-state index contributed by atoms with van der Waals surface area (Å²) in [7, 11) is 1.53. The van der Waals surface area contributed by atoms with Gasteiger partial charge in [0.25, 0.3) is 0 Å². The average molecular weight is 381 g/mol. The molecule has 1 aliphatic heterocycles. The number of rotatable bonds is 8. The van der Waals surface area contributed by atoms with Crippen LogP contribution in [0, 0.1) is 6.92 Å². The van der Waals surface area contributed by atoms with E-state index in [1.807, 2.05) is 19.1 Å². The van der Waals surface area contributed by atoms with Crippen LogP contribution in [0.4, 0.5) is 10.5 Å². The quantitative estimate of drug-likeness (QED) is 0.395. The summed E-state index contributed by atoms with van der Waals surface area (Å²) in [6, 6.07) is 6.84. The lowest BCUT2D eigenvalue weighted by atomic mass is 10.1. The van der Waals surface area contributed by atoms with Crippen molar-refractivity contribution in [1.29, 1.82) is 0 Å². The molecular weight excluding hydrogens is 354 g/mol. The van der Waals surface area contributed by atoms with Gasteiger partial charge in [0.2, 0.25) is 5.91 Å². The Bertz CT molecular complexity index is 624. The molecule has 9 nitrogen and oxygen atoms in total. The standard InChI is InChI=1S/C18H27N3O6/c1-11-3-5-12(6-4-11)21-18(25)20-10-14-17(24)16(23)13(27-14)9-15(22)19-7-8-26-2/h3-6,13-14,16-17,23-24H,7-10H2,1-2H3,(H,19,22)(H2,20,21,25)/t13-,14+,16-,17+/m0/s1. The smallest absolute Gasteiger partial charge is 0.319 e. The fourth-order valence-corrected chi connectivity index (χ4v) is 2.72. The van der Waals surface area contributed by atoms with Crippen LogP contribution in [0.5, 0.6) is 0 Å². The van der Waals surface area contributed by atoms with Gasteiger partial charge in [0.05, 0.1) is 19.1 Å². The number of carbonyl (C=O) groups is 2. The molecule has 0 saturated carbocycles. The van der Waals surface area contributed by atoms with E-state index in [1.54, 1.807) is 12.1 Å². The van der Waals surface area contributed by atoms with E-state index < -0.39 is 30.4 Å². The molecule has 9 heteroatoms. The Labute approximate surface area is 158 Å². The Morgan fingerprint density at radius 2 is 1.78 bits per heavy atom. The van der Waals surface area contributed by atoms with Gasteiger partial charge in [-0.05, 0) is 19.1 Å². The molecule has 0 unspecified atom stereocenters. The van der Waals surface area contributed by atoms with Crippen LogP contribution in [0.2, 0.25) is 0 Å². The van der Waals surface area contributed by atoms with Crippen molar-refractivity contribution in [3.05, 3.63) is 29.8 Å². The van der Waals surface area contributed by atoms with E-state index in [0.29, 0.717) is 18.8 Å². The Kier molecular flexibility index (Phi) is 7.99. The van der Waals surface area contributed by atoms with Gasteiger partial charge < -0.3 is 35.6 Å². The second kappa shape index (κ2) is 10.2. The number of hydrogen-bond acceptors (Lipinski definition) is 6. The molecule has 1 saturated heterocycles. The van der Waals surface area contributed by atoms with Gasteiger partial charge in [0, 0.05) is 25.9 Å². The minimum Gasteiger partial charge on any atom is -0.388 e. The van der Waals surface area contributed by atoms with Crippen molar-refractivity contribution < 1.29 is 29.3 Å². The maximum Gasteiger partial charge on any atom is 0.319 e. The summed E-state index contributed by atoms with van der Waals surface area (Å²) in [5.74, 6) is -0.311. The number of anilines is 1. The zero-order valence-electron chi connectivity index (χ0n) is 15.5. The molecule has 1 aromatic rings. The second-order valence-corrected chi connectivity index (χ2v) is 6.44. The van der Waals surface area contributed by atoms with Gasteiger partial charge in [-0.25, -0.2) is 4.79 Å². The van der Waals surface area contributed by atoms with Gasteiger partial charge in [0.1, 0.15) is 18.3 Å². The molecule has 0 radical (unpaired) electrons. The molecule has 27 heavy (non-hydrogen) atoms. The molecule has 2 rings (SSSR count). The first kappa shape index (κ1) is 21.1. The molecule has 0 spiro atoms. The number of nitrogens with one attached hydrogen (secondary N) is 3. The molecule has 150 valence electrons. The van der Waals surface area contributed by atoms with Gasteiger partial charge in [-0.1, -0.05) is 17.7 Å². The third kappa shape index (κ3) is 6.47. The maximum absolute atomic E-state index is 12.0. The van der Waals surface area contributed by atoms with Crippen molar-refractivity contribution in [2.75, 3.05) is 32.1 Å². The predicted octanol–water partition coefficient (Wildman–Crippen LogP) is -0.242. The molecule has 1 aliphatic rings. The molecule has 1 heterocycles. The van der Waals surface area contributed by atoms with E-state index in [0.717, 1.165) is 5.56 Å². The van der Waals surface area contributed by atoms with Crippen LogP contribution in [0.15, 0.2) is 24.3 Å². The lowest BCUT2D eigenvalue weighted by molar-refractivity contribution is -0.125. The normalized spacial score (nSPS) is 24.4. The fourth-order valence-electron chi connectivity index (χ4n) is 2.72. The average Bonchev–Trinajstić information content (AvgIpc) is 2.90. The summed E-state index contributed by atoms with van der Waals surface area (Å²) in [5, 5.41) is 28.0. The van der Waals surface area contributed by atoms with Crippen molar-refractivity contribution in [1.82, 2.24) is 10.6 Å². The van der Waals surface area contributed by atoms with E-state index in [1.165, 1.54) is 7.11 Å². The van der Waals surface area contributed by atoms with Crippen molar-refractivity contribution in [3.63, 3.8) is 0 Å². The van der Waals surface area contributed by atoms with Crippen molar-refractivity contribution in [3.8, 4) is 0 Å². The van der Waals surface area contributed by atoms with Crippen LogP contribution in [-0.4, -0.2) is 73.4 Å². The van der Waals surface area contributed by atoms with Crippen LogP contribution < -0.4 is 16.0 Å². The van der Waals surface area contributed by atoms with E-state index >= 15 is 0 Å². The van der Waals surface area contributed by atoms with E-state index in [2.05, 4.69) is 16.0 Å². The molecule has 4 atom stereocenters. The number of benzene rings is 1. The Morgan fingerprint density at radius 3 is 2.44 bits per heavy atom. The lowest BCUT2D eigenvalue weighted by Crippen LogP contribution is -2.41. The predicted molar refractivity (Wildman–Crippen MR) is 98.4 cm³/mol. The summed E-state index contributed by atoms with van der Waals surface area (Å²) in [6.45, 7) is 2.68. The molecule has 0 aromatic heterocycles. The number of carbonyl (C=O) groups excluding carboxylic acids is 2. The number of hydrogen-bond donors (Lipinski definition) is 5. The van der Waals surface area contributed by atoms with Crippen molar-refractivity contribution in [2.24, 2.45) is 0 Å². The molecule has 3 amide bonds. The van der Waals surface area contributed by atoms with Crippen LogP contribution in [0.1, 0.15) is 12.0 Å². The summed E-state index contributed by atoms with van der Waals surface area (Å²) in [6.07, 6.45) is -4.13. The first-order valence-electron chi connectivity index (χ1n) is 8.79. The Morgan fingerprint density at radius 1 is 1.11 bits per heavy atom. The fraction of sp³-hybridized carbons (Fsp3) is 0.556. The van der Waals surface area contributed by atoms with Gasteiger partial charge in [-0.2, -0.15) is 0 Å². The number of ether oxygens (including phenoxy) is 2. The maximum atomic E-state index is 12.0. The summed E-state index contributed by atoms with van der Waals surface area (Å²) in [5.41, 5.74) is 1.71. The molecular formula is C18H27N3O6. The number of aryl methyl sites for hydroxylation is 1. The Hall–Kier alpha value is -2.20. The first-order chi connectivity index (χ1) is 12.9. The number of amides is 3. The van der Waals surface area contributed by atoms with E-state index in [4.69, 9.17) is 9.47 Å². The Balaban J connectivity index is 1.76. The van der Waals surface area contributed by atoms with Crippen LogP contribution in [0.3, 0.4) is 0 Å². The highest BCUT2D eigenvalue weighted by atomic mass is 16.5. The lowest BCUT2D eigenvalue weighted by Gasteiger charge is -2.16. The van der Waals surface area contributed by atoms with Gasteiger partial charge in [0.15, 0.2) is 0 Å². The molecule has 0 bridgehead atoms. The van der Waals surface area contributed by atoms with E-state index in [9.17, 15) is 19.8 Å². The number of aliphatic hydroxyl groups is 2. The monoisotopic (exact) mass is 381 g/mol. The van der Waals surface area contributed by atoms with Crippen LogP contribution in [0.25, 0.3) is 0 Å². The summed E-state index contributed by atoms with van der Waals surface area (Å²) in [4.78, 5) is 23.8. The van der Waals surface area contributed by atoms with Gasteiger partial charge in [-0.15, -0.1) is 0 Å². The van der Waals surface area contributed by atoms with Crippen LogP contribution in [-0.2, 0) is 14.3 Å². The molecule has 1 fully saturated rings. The zero-order valence-corrected chi connectivity index (χ0v) is 15.5. The molecule has 0 aliphatic carbocycles. The molecule has 1 aromatic carbocycles. The topological polar surface area (TPSA) is 129 Å². The third-order valence-electron chi connectivity index (χ3n) is 4.25. The highest BCUT2D eigenvalue weighted by molar-refractivity contribution is 5.89. The minimum atomic E-state index is -1.20. The minimum absolute atomic E-state index is 0.00227. The van der Waals surface area contributed by atoms with Crippen molar-refractivity contribution in [2.45, 2.75) is 37.8 Å².